The number of guanidine groups is 1. The molecule has 0 aliphatic heterocycles. The van der Waals surface area contributed by atoms with Gasteiger partial charge in [0.25, 0.3) is 0 Å². The third-order valence-corrected chi connectivity index (χ3v) is 4.24. The molecule has 3 rings (SSSR count). The molecule has 2 aromatic carbocycles. The Morgan fingerprint density at radius 2 is 1.79 bits per heavy atom. The van der Waals surface area contributed by atoms with Crippen molar-refractivity contribution in [3.05, 3.63) is 72.3 Å². The maximum absolute atomic E-state index is 5.82. The van der Waals surface area contributed by atoms with Gasteiger partial charge in [-0.05, 0) is 29.8 Å². The minimum atomic E-state index is 0.679. The molecule has 0 spiro atoms. The number of nitrogens with zero attached hydrogens (tertiary/aromatic N) is 4. The van der Waals surface area contributed by atoms with E-state index in [-0.39, 0.29) is 0 Å². The highest BCUT2D eigenvalue weighted by Gasteiger charge is 2.03. The third kappa shape index (κ3) is 5.57. The number of benzene rings is 2. The average Bonchev–Trinajstić information content (AvgIpc) is 3.20. The molecule has 0 saturated heterocycles. The van der Waals surface area contributed by atoms with Gasteiger partial charge in [-0.1, -0.05) is 37.3 Å². The molecular formula is C21H26N6O. The van der Waals surface area contributed by atoms with Crippen molar-refractivity contribution in [2.45, 2.75) is 26.4 Å². The zero-order valence-corrected chi connectivity index (χ0v) is 16.3. The number of rotatable bonds is 8. The second kappa shape index (κ2) is 10.1. The normalized spacial score (nSPS) is 11.3. The summed E-state index contributed by atoms with van der Waals surface area (Å²) in [6.07, 6.45) is 2.63. The first kappa shape index (κ1) is 19.4. The SMILES string of the molecule is CCc1nncn1CCNC(=NC)NCc1ccc(Oc2ccccc2)cc1. The van der Waals surface area contributed by atoms with Gasteiger partial charge in [-0.3, -0.25) is 4.99 Å². The number of aliphatic imine (C=N–C) groups is 1. The molecule has 3 aromatic rings. The fourth-order valence-corrected chi connectivity index (χ4v) is 2.74. The van der Waals surface area contributed by atoms with Crippen LogP contribution in [0.3, 0.4) is 0 Å². The van der Waals surface area contributed by atoms with Crippen LogP contribution >= 0.6 is 0 Å². The number of ether oxygens (including phenoxy) is 1. The summed E-state index contributed by atoms with van der Waals surface area (Å²) in [6, 6.07) is 17.8. The van der Waals surface area contributed by atoms with Gasteiger partial charge in [0.2, 0.25) is 0 Å². The van der Waals surface area contributed by atoms with Gasteiger partial charge in [-0.15, -0.1) is 10.2 Å². The molecule has 0 bridgehead atoms. The van der Waals surface area contributed by atoms with Gasteiger partial charge >= 0.3 is 0 Å². The Morgan fingerprint density at radius 3 is 2.50 bits per heavy atom. The van der Waals surface area contributed by atoms with Gasteiger partial charge in [-0.25, -0.2) is 0 Å². The standard InChI is InChI=1S/C21H26N6O/c1-3-20-26-25-16-27(20)14-13-23-21(22-2)24-15-17-9-11-19(12-10-17)28-18-7-5-4-6-8-18/h4-12,16H,3,13-15H2,1-2H3,(H2,22,23,24). The van der Waals surface area contributed by atoms with Gasteiger partial charge in [0, 0.05) is 33.1 Å². The molecule has 0 amide bonds. The largest absolute Gasteiger partial charge is 0.457 e. The number of nitrogens with one attached hydrogen (secondary N) is 2. The van der Waals surface area contributed by atoms with Crippen molar-refractivity contribution < 1.29 is 4.74 Å². The Kier molecular flexibility index (Phi) is 7.01. The van der Waals surface area contributed by atoms with Gasteiger partial charge in [0.15, 0.2) is 5.96 Å². The van der Waals surface area contributed by atoms with Crippen molar-refractivity contribution in [1.29, 1.82) is 0 Å². The van der Waals surface area contributed by atoms with E-state index in [0.29, 0.717) is 6.54 Å². The van der Waals surface area contributed by atoms with Crippen molar-refractivity contribution in [3.63, 3.8) is 0 Å². The zero-order chi connectivity index (χ0) is 19.6. The molecule has 0 radical (unpaired) electrons. The zero-order valence-electron chi connectivity index (χ0n) is 16.3. The second-order valence-electron chi connectivity index (χ2n) is 6.21. The van der Waals surface area contributed by atoms with Crippen molar-refractivity contribution in [2.24, 2.45) is 4.99 Å². The predicted octanol–water partition coefficient (Wildman–Crippen LogP) is 3.00. The molecule has 0 unspecified atom stereocenters. The molecule has 0 saturated carbocycles. The van der Waals surface area contributed by atoms with Crippen LogP contribution in [0.5, 0.6) is 11.5 Å². The van der Waals surface area contributed by atoms with Crippen LogP contribution in [0, 0.1) is 0 Å². The topological polar surface area (TPSA) is 76.4 Å². The van der Waals surface area contributed by atoms with Gasteiger partial charge in [-0.2, -0.15) is 0 Å². The van der Waals surface area contributed by atoms with Crippen LogP contribution < -0.4 is 15.4 Å². The number of hydrogen-bond donors (Lipinski definition) is 2. The third-order valence-electron chi connectivity index (χ3n) is 4.24. The fourth-order valence-electron chi connectivity index (χ4n) is 2.74. The number of para-hydroxylation sites is 1. The molecule has 0 fully saturated rings. The van der Waals surface area contributed by atoms with Crippen molar-refractivity contribution in [2.75, 3.05) is 13.6 Å². The van der Waals surface area contributed by atoms with E-state index in [0.717, 1.165) is 48.4 Å². The second-order valence-corrected chi connectivity index (χ2v) is 6.21. The van der Waals surface area contributed by atoms with Gasteiger partial charge in [0.1, 0.15) is 23.7 Å². The van der Waals surface area contributed by atoms with Gasteiger partial charge < -0.3 is 19.9 Å². The Balaban J connectivity index is 1.44. The van der Waals surface area contributed by atoms with E-state index in [1.807, 2.05) is 59.2 Å². The van der Waals surface area contributed by atoms with E-state index in [4.69, 9.17) is 4.74 Å². The van der Waals surface area contributed by atoms with Crippen molar-refractivity contribution in [3.8, 4) is 11.5 Å². The molecule has 0 atom stereocenters. The molecule has 146 valence electrons. The summed E-state index contributed by atoms with van der Waals surface area (Å²) in [7, 11) is 1.77. The van der Waals surface area contributed by atoms with Crippen LogP contribution in [0.2, 0.25) is 0 Å². The van der Waals surface area contributed by atoms with E-state index < -0.39 is 0 Å². The monoisotopic (exact) mass is 378 g/mol. The van der Waals surface area contributed by atoms with E-state index in [9.17, 15) is 0 Å². The number of aryl methyl sites for hydroxylation is 1. The van der Waals surface area contributed by atoms with Crippen molar-refractivity contribution >= 4 is 5.96 Å². The molecule has 7 heteroatoms. The highest BCUT2D eigenvalue weighted by Crippen LogP contribution is 2.20. The molecule has 28 heavy (non-hydrogen) atoms. The molecule has 1 aromatic heterocycles. The Hall–Kier alpha value is -3.35. The van der Waals surface area contributed by atoms with Gasteiger partial charge in [0.05, 0.1) is 0 Å². The molecule has 1 heterocycles. The maximum Gasteiger partial charge on any atom is 0.191 e. The summed E-state index contributed by atoms with van der Waals surface area (Å²) in [5.74, 6) is 3.40. The molecule has 2 N–H and O–H groups in total. The lowest BCUT2D eigenvalue weighted by atomic mass is 10.2. The first-order valence-electron chi connectivity index (χ1n) is 9.41. The van der Waals surface area contributed by atoms with E-state index in [1.165, 1.54) is 0 Å². The predicted molar refractivity (Wildman–Crippen MR) is 111 cm³/mol. The highest BCUT2D eigenvalue weighted by atomic mass is 16.5. The number of hydrogen-bond acceptors (Lipinski definition) is 4. The molecule has 0 aliphatic carbocycles. The molecule has 7 nitrogen and oxygen atoms in total. The van der Waals surface area contributed by atoms with Crippen LogP contribution in [0.15, 0.2) is 65.9 Å². The Bertz CT molecular complexity index is 873. The molecule has 0 aliphatic rings. The van der Waals surface area contributed by atoms with E-state index in [2.05, 4.69) is 32.7 Å². The summed E-state index contributed by atoms with van der Waals surface area (Å²) in [5, 5.41) is 14.7. The minimum absolute atomic E-state index is 0.679. The Morgan fingerprint density at radius 1 is 1.04 bits per heavy atom. The van der Waals surface area contributed by atoms with Crippen LogP contribution in [-0.2, 0) is 19.5 Å². The van der Waals surface area contributed by atoms with Crippen molar-refractivity contribution in [1.82, 2.24) is 25.4 Å². The van der Waals surface area contributed by atoms with Crippen LogP contribution in [0.25, 0.3) is 0 Å². The summed E-state index contributed by atoms with van der Waals surface area (Å²) < 4.78 is 7.87. The summed E-state index contributed by atoms with van der Waals surface area (Å²) in [4.78, 5) is 4.27. The van der Waals surface area contributed by atoms with E-state index >= 15 is 0 Å². The summed E-state index contributed by atoms with van der Waals surface area (Å²) in [5.41, 5.74) is 1.15. The molecular weight excluding hydrogens is 352 g/mol. The van der Waals surface area contributed by atoms with Crippen LogP contribution in [0.4, 0.5) is 0 Å². The van der Waals surface area contributed by atoms with Crippen LogP contribution in [0.1, 0.15) is 18.3 Å². The summed E-state index contributed by atoms with van der Waals surface area (Å²) in [6.45, 7) is 4.29. The smallest absolute Gasteiger partial charge is 0.191 e. The lowest BCUT2D eigenvalue weighted by Gasteiger charge is -2.13. The average molecular weight is 378 g/mol. The Labute approximate surface area is 165 Å². The lowest BCUT2D eigenvalue weighted by Crippen LogP contribution is -2.38. The fraction of sp³-hybridized carbons (Fsp3) is 0.286. The minimum Gasteiger partial charge on any atom is -0.457 e. The lowest BCUT2D eigenvalue weighted by molar-refractivity contribution is 0.482. The first-order valence-corrected chi connectivity index (χ1v) is 9.41. The maximum atomic E-state index is 5.82. The number of aromatic nitrogens is 3. The highest BCUT2D eigenvalue weighted by molar-refractivity contribution is 5.79. The van der Waals surface area contributed by atoms with E-state index in [1.54, 1.807) is 13.4 Å². The van der Waals surface area contributed by atoms with Crippen LogP contribution in [-0.4, -0.2) is 34.3 Å². The summed E-state index contributed by atoms with van der Waals surface area (Å²) >= 11 is 0. The first-order chi connectivity index (χ1) is 13.8. The quantitative estimate of drug-likeness (QED) is 0.465.